The maximum absolute atomic E-state index is 12.9. The second-order valence-electron chi connectivity index (χ2n) is 6.61. The zero-order valence-electron chi connectivity index (χ0n) is 16.6. The fourth-order valence-electron chi connectivity index (χ4n) is 2.66. The number of carbonyl (C=O) groups excluding carboxylic acids is 2. The summed E-state index contributed by atoms with van der Waals surface area (Å²) in [5.41, 5.74) is 3.03. The standard InChI is InChI=1S/C24H21BrN2O3/c1-16-3-7-18(8-4-16)23(28)27-22(15-17-5-9-19(25)10-6-17)24(29)26-20-11-13-21(30-2)14-12-20/h3-15H,1-2H3,(H,26,29)(H,27,28). The zero-order valence-corrected chi connectivity index (χ0v) is 18.2. The smallest absolute Gasteiger partial charge is 0.272 e. The number of amides is 2. The van der Waals surface area contributed by atoms with E-state index >= 15 is 0 Å². The molecule has 0 bridgehead atoms. The molecule has 0 aliphatic carbocycles. The zero-order chi connectivity index (χ0) is 21.5. The minimum atomic E-state index is -0.427. The summed E-state index contributed by atoms with van der Waals surface area (Å²) in [6.45, 7) is 1.95. The van der Waals surface area contributed by atoms with E-state index < -0.39 is 5.91 Å². The Morgan fingerprint density at radius 2 is 1.53 bits per heavy atom. The van der Waals surface area contributed by atoms with Crippen molar-refractivity contribution in [2.75, 3.05) is 12.4 Å². The molecular formula is C24H21BrN2O3. The molecule has 0 atom stereocenters. The molecule has 0 aliphatic heterocycles. The number of rotatable bonds is 6. The van der Waals surface area contributed by atoms with Gasteiger partial charge < -0.3 is 15.4 Å². The van der Waals surface area contributed by atoms with Crippen molar-refractivity contribution in [2.45, 2.75) is 6.92 Å². The van der Waals surface area contributed by atoms with Crippen LogP contribution in [-0.4, -0.2) is 18.9 Å². The number of methoxy groups -OCH3 is 1. The molecule has 0 unspecified atom stereocenters. The van der Waals surface area contributed by atoms with Crippen LogP contribution >= 0.6 is 15.9 Å². The van der Waals surface area contributed by atoms with Gasteiger partial charge >= 0.3 is 0 Å². The second kappa shape index (κ2) is 9.89. The van der Waals surface area contributed by atoms with Crippen LogP contribution in [0.2, 0.25) is 0 Å². The van der Waals surface area contributed by atoms with E-state index in [1.54, 1.807) is 49.6 Å². The molecule has 0 aromatic heterocycles. The Morgan fingerprint density at radius 1 is 0.900 bits per heavy atom. The lowest BCUT2D eigenvalue weighted by molar-refractivity contribution is -0.113. The summed E-state index contributed by atoms with van der Waals surface area (Å²) in [6.07, 6.45) is 1.64. The molecule has 0 saturated heterocycles. The molecular weight excluding hydrogens is 444 g/mol. The molecule has 0 heterocycles. The summed E-state index contributed by atoms with van der Waals surface area (Å²) in [6, 6.07) is 21.6. The van der Waals surface area contributed by atoms with E-state index in [0.29, 0.717) is 17.0 Å². The Morgan fingerprint density at radius 3 is 2.13 bits per heavy atom. The monoisotopic (exact) mass is 464 g/mol. The van der Waals surface area contributed by atoms with E-state index in [-0.39, 0.29) is 11.6 Å². The maximum atomic E-state index is 12.9. The summed E-state index contributed by atoms with van der Waals surface area (Å²) in [5, 5.41) is 5.54. The molecule has 3 rings (SSSR count). The number of carbonyl (C=O) groups is 2. The van der Waals surface area contributed by atoms with Gasteiger partial charge in [0.15, 0.2) is 0 Å². The number of ether oxygens (including phenoxy) is 1. The fraction of sp³-hybridized carbons (Fsp3) is 0.0833. The van der Waals surface area contributed by atoms with Crippen molar-refractivity contribution in [2.24, 2.45) is 0 Å². The van der Waals surface area contributed by atoms with Crippen LogP contribution < -0.4 is 15.4 Å². The largest absolute Gasteiger partial charge is 0.497 e. The third-order valence-electron chi connectivity index (χ3n) is 4.34. The predicted molar refractivity (Wildman–Crippen MR) is 122 cm³/mol. The van der Waals surface area contributed by atoms with Crippen LogP contribution in [0.3, 0.4) is 0 Å². The summed E-state index contributed by atoms with van der Waals surface area (Å²) in [4.78, 5) is 25.6. The van der Waals surface area contributed by atoms with Crippen LogP contribution in [-0.2, 0) is 4.79 Å². The molecule has 152 valence electrons. The van der Waals surface area contributed by atoms with Gasteiger partial charge in [0.1, 0.15) is 11.4 Å². The highest BCUT2D eigenvalue weighted by Crippen LogP contribution is 2.17. The van der Waals surface area contributed by atoms with E-state index in [9.17, 15) is 9.59 Å². The van der Waals surface area contributed by atoms with E-state index in [2.05, 4.69) is 26.6 Å². The summed E-state index contributed by atoms with van der Waals surface area (Å²) in [5.74, 6) is -0.0990. The van der Waals surface area contributed by atoms with Crippen molar-refractivity contribution in [1.29, 1.82) is 0 Å². The maximum Gasteiger partial charge on any atom is 0.272 e. The number of hydrogen-bond donors (Lipinski definition) is 2. The van der Waals surface area contributed by atoms with Gasteiger partial charge in [0.25, 0.3) is 11.8 Å². The second-order valence-corrected chi connectivity index (χ2v) is 7.53. The van der Waals surface area contributed by atoms with Crippen LogP contribution in [0.4, 0.5) is 5.69 Å². The van der Waals surface area contributed by atoms with Crippen LogP contribution in [0.25, 0.3) is 6.08 Å². The van der Waals surface area contributed by atoms with Gasteiger partial charge in [-0.05, 0) is 67.1 Å². The molecule has 0 fully saturated rings. The average Bonchev–Trinajstić information content (AvgIpc) is 2.75. The number of hydrogen-bond acceptors (Lipinski definition) is 3. The highest BCUT2D eigenvalue weighted by atomic mass is 79.9. The quantitative estimate of drug-likeness (QED) is 0.494. The Bertz CT molecular complexity index is 1060. The number of halogens is 1. The van der Waals surface area contributed by atoms with Crippen molar-refractivity contribution >= 4 is 39.5 Å². The highest BCUT2D eigenvalue weighted by Gasteiger charge is 2.15. The molecule has 3 aromatic rings. The Balaban J connectivity index is 1.85. The van der Waals surface area contributed by atoms with Gasteiger partial charge in [0.05, 0.1) is 7.11 Å². The molecule has 6 heteroatoms. The van der Waals surface area contributed by atoms with Crippen molar-refractivity contribution in [1.82, 2.24) is 5.32 Å². The molecule has 2 amide bonds. The first-order chi connectivity index (χ1) is 14.4. The van der Waals surface area contributed by atoms with E-state index in [1.165, 1.54) is 0 Å². The van der Waals surface area contributed by atoms with E-state index in [0.717, 1.165) is 15.6 Å². The lowest BCUT2D eigenvalue weighted by Crippen LogP contribution is -2.30. The van der Waals surface area contributed by atoms with Crippen LogP contribution in [0, 0.1) is 6.92 Å². The average molecular weight is 465 g/mol. The molecule has 3 aromatic carbocycles. The summed E-state index contributed by atoms with van der Waals surface area (Å²) >= 11 is 3.39. The molecule has 2 N–H and O–H groups in total. The Labute approximate surface area is 183 Å². The van der Waals surface area contributed by atoms with Gasteiger partial charge in [-0.15, -0.1) is 0 Å². The Hall–Kier alpha value is -3.38. The van der Waals surface area contributed by atoms with Crippen molar-refractivity contribution < 1.29 is 14.3 Å². The van der Waals surface area contributed by atoms with Gasteiger partial charge in [0.2, 0.25) is 0 Å². The number of aryl methyl sites for hydroxylation is 1. The first-order valence-corrected chi connectivity index (χ1v) is 10.0. The number of benzene rings is 3. The summed E-state index contributed by atoms with van der Waals surface area (Å²) < 4.78 is 6.06. The molecule has 0 aliphatic rings. The van der Waals surface area contributed by atoms with Crippen molar-refractivity contribution in [3.05, 3.63) is 99.7 Å². The van der Waals surface area contributed by atoms with Crippen LogP contribution in [0.15, 0.2) is 83.0 Å². The highest BCUT2D eigenvalue weighted by molar-refractivity contribution is 9.10. The lowest BCUT2D eigenvalue weighted by atomic mass is 10.1. The fourth-order valence-corrected chi connectivity index (χ4v) is 2.92. The molecule has 5 nitrogen and oxygen atoms in total. The van der Waals surface area contributed by atoms with E-state index in [4.69, 9.17) is 4.74 Å². The predicted octanol–water partition coefficient (Wildman–Crippen LogP) is 5.18. The normalized spacial score (nSPS) is 11.0. The van der Waals surface area contributed by atoms with Gasteiger partial charge in [-0.2, -0.15) is 0 Å². The third kappa shape index (κ3) is 5.81. The van der Waals surface area contributed by atoms with Crippen molar-refractivity contribution in [3.63, 3.8) is 0 Å². The third-order valence-corrected chi connectivity index (χ3v) is 4.86. The topological polar surface area (TPSA) is 67.4 Å². The first-order valence-electron chi connectivity index (χ1n) is 9.25. The molecule has 30 heavy (non-hydrogen) atoms. The first kappa shape index (κ1) is 21.3. The number of anilines is 1. The number of nitrogens with one attached hydrogen (secondary N) is 2. The lowest BCUT2D eigenvalue weighted by Gasteiger charge is -2.12. The Kier molecular flexibility index (Phi) is 7.03. The van der Waals surface area contributed by atoms with Gasteiger partial charge in [-0.3, -0.25) is 9.59 Å². The molecule has 0 radical (unpaired) electrons. The molecule has 0 spiro atoms. The SMILES string of the molecule is COc1ccc(NC(=O)C(=Cc2ccc(Br)cc2)NC(=O)c2ccc(C)cc2)cc1. The van der Waals surface area contributed by atoms with Gasteiger partial charge in [-0.25, -0.2) is 0 Å². The van der Waals surface area contributed by atoms with Crippen molar-refractivity contribution in [3.8, 4) is 5.75 Å². The molecule has 0 saturated carbocycles. The minimum absolute atomic E-state index is 0.138. The van der Waals surface area contributed by atoms with Gasteiger partial charge in [0, 0.05) is 15.7 Å². The van der Waals surface area contributed by atoms with Gasteiger partial charge in [-0.1, -0.05) is 45.8 Å². The van der Waals surface area contributed by atoms with Crippen LogP contribution in [0.5, 0.6) is 5.75 Å². The minimum Gasteiger partial charge on any atom is -0.497 e. The summed E-state index contributed by atoms with van der Waals surface area (Å²) in [7, 11) is 1.58. The van der Waals surface area contributed by atoms with E-state index in [1.807, 2.05) is 43.3 Å². The van der Waals surface area contributed by atoms with Crippen LogP contribution in [0.1, 0.15) is 21.5 Å².